The van der Waals surface area contributed by atoms with Crippen LogP contribution in [0.2, 0.25) is 0 Å². The van der Waals surface area contributed by atoms with Gasteiger partial charge >= 0.3 is 0 Å². The number of nitrogens with one attached hydrogen (secondary N) is 1. The van der Waals surface area contributed by atoms with Crippen LogP contribution in [0.3, 0.4) is 0 Å². The Kier molecular flexibility index (Phi) is 5.64. The second kappa shape index (κ2) is 7.97. The molecule has 2 heterocycles. The molecule has 0 spiro atoms. The van der Waals surface area contributed by atoms with Gasteiger partial charge in [0, 0.05) is 11.6 Å². The summed E-state index contributed by atoms with van der Waals surface area (Å²) in [6, 6.07) is 5.37. The van der Waals surface area contributed by atoms with E-state index < -0.39 is 0 Å². The van der Waals surface area contributed by atoms with Crippen LogP contribution >= 0.6 is 11.3 Å². The molecule has 28 heavy (non-hydrogen) atoms. The second-order valence-corrected chi connectivity index (χ2v) is 7.72. The van der Waals surface area contributed by atoms with Gasteiger partial charge in [0.1, 0.15) is 12.2 Å². The summed E-state index contributed by atoms with van der Waals surface area (Å²) in [4.78, 5) is 29.3. The zero-order valence-corrected chi connectivity index (χ0v) is 17.2. The van der Waals surface area contributed by atoms with Crippen molar-refractivity contribution in [3.05, 3.63) is 33.6 Å². The Morgan fingerprint density at radius 2 is 1.96 bits per heavy atom. The Bertz CT molecular complexity index is 1090. The van der Waals surface area contributed by atoms with Crippen molar-refractivity contribution in [2.75, 3.05) is 14.2 Å². The van der Waals surface area contributed by atoms with Gasteiger partial charge in [-0.05, 0) is 39.0 Å². The number of methoxy groups -OCH3 is 2. The lowest BCUT2D eigenvalue weighted by molar-refractivity contribution is -0.122. The number of thiazole rings is 1. The van der Waals surface area contributed by atoms with Crippen LogP contribution in [0.15, 0.2) is 23.0 Å². The molecule has 0 aliphatic heterocycles. The summed E-state index contributed by atoms with van der Waals surface area (Å²) in [5.74, 6) is 0.855. The minimum absolute atomic E-state index is 0.0289. The third-order valence-corrected chi connectivity index (χ3v) is 4.98. The summed E-state index contributed by atoms with van der Waals surface area (Å²) in [5, 5.41) is 8.00. The van der Waals surface area contributed by atoms with Crippen molar-refractivity contribution in [3.8, 4) is 22.8 Å². The van der Waals surface area contributed by atoms with Gasteiger partial charge in [0.2, 0.25) is 5.91 Å². The smallest absolute Gasteiger partial charge is 0.294 e. The Morgan fingerprint density at radius 1 is 1.25 bits per heavy atom. The normalized spacial score (nSPS) is 11.1. The zero-order valence-electron chi connectivity index (χ0n) is 16.4. The van der Waals surface area contributed by atoms with E-state index in [2.05, 4.69) is 15.4 Å². The van der Waals surface area contributed by atoms with E-state index in [1.807, 2.05) is 26.8 Å². The molecule has 3 aromatic rings. The lowest BCUT2D eigenvalue weighted by Gasteiger charge is -2.12. The summed E-state index contributed by atoms with van der Waals surface area (Å²) in [5.41, 5.74) is 1.23. The number of hydrogen-bond donors (Lipinski definition) is 1. The number of ether oxygens (including phenoxy) is 2. The number of fused-ring (bicyclic) bond motifs is 1. The molecule has 0 unspecified atom stereocenters. The number of aromatic nitrogens is 3. The molecule has 3 rings (SSSR count). The van der Waals surface area contributed by atoms with Crippen molar-refractivity contribution in [3.63, 3.8) is 0 Å². The van der Waals surface area contributed by atoms with Gasteiger partial charge in [-0.2, -0.15) is 5.10 Å². The van der Waals surface area contributed by atoms with Gasteiger partial charge in [0.05, 0.1) is 23.9 Å². The first-order chi connectivity index (χ1) is 13.3. The van der Waals surface area contributed by atoms with Crippen LogP contribution in [0, 0.1) is 6.92 Å². The lowest BCUT2D eigenvalue weighted by Crippen LogP contribution is -2.37. The molecule has 0 atom stereocenters. The van der Waals surface area contributed by atoms with E-state index in [1.165, 1.54) is 11.3 Å². The fourth-order valence-corrected chi connectivity index (χ4v) is 3.77. The molecule has 0 fully saturated rings. The van der Waals surface area contributed by atoms with Crippen molar-refractivity contribution in [1.29, 1.82) is 0 Å². The molecule has 9 heteroatoms. The molecule has 0 radical (unpaired) electrons. The predicted molar refractivity (Wildman–Crippen MR) is 108 cm³/mol. The maximum absolute atomic E-state index is 12.8. The standard InChI is InChI=1S/C19H22N4O4S/c1-10(2)20-15(24)9-23-19(25)17-18(28-11(3)21-17)16(22-23)12-6-7-13(26-4)14(8-12)27-5/h6-8,10H,9H2,1-5H3,(H,20,24). The predicted octanol–water partition coefficient (Wildman–Crippen LogP) is 2.37. The molecule has 148 valence electrons. The number of benzene rings is 1. The van der Waals surface area contributed by atoms with Crippen LogP contribution in [-0.2, 0) is 11.3 Å². The molecule has 0 saturated carbocycles. The Labute approximate surface area is 166 Å². The molecule has 2 aromatic heterocycles. The maximum Gasteiger partial charge on any atom is 0.294 e. The highest BCUT2D eigenvalue weighted by molar-refractivity contribution is 7.19. The average molecular weight is 402 g/mol. The Hall–Kier alpha value is -2.94. The summed E-state index contributed by atoms with van der Waals surface area (Å²) < 4.78 is 12.5. The molecule has 0 aliphatic carbocycles. The van der Waals surface area contributed by atoms with E-state index >= 15 is 0 Å². The summed E-state index contributed by atoms with van der Waals surface area (Å²) >= 11 is 1.39. The van der Waals surface area contributed by atoms with E-state index in [0.717, 1.165) is 15.3 Å². The third-order valence-electron chi connectivity index (χ3n) is 4.01. The van der Waals surface area contributed by atoms with Crippen molar-refractivity contribution in [2.45, 2.75) is 33.4 Å². The number of carbonyl (C=O) groups excluding carboxylic acids is 1. The van der Waals surface area contributed by atoms with Gasteiger partial charge in [-0.15, -0.1) is 11.3 Å². The van der Waals surface area contributed by atoms with E-state index in [1.54, 1.807) is 26.4 Å². The van der Waals surface area contributed by atoms with E-state index in [-0.39, 0.29) is 24.1 Å². The zero-order chi connectivity index (χ0) is 20.4. The van der Waals surface area contributed by atoms with Crippen molar-refractivity contribution in [2.24, 2.45) is 0 Å². The van der Waals surface area contributed by atoms with Gasteiger partial charge in [0.25, 0.3) is 5.56 Å². The summed E-state index contributed by atoms with van der Waals surface area (Å²) in [6.07, 6.45) is 0. The fraction of sp³-hybridized carbons (Fsp3) is 0.368. The van der Waals surface area contributed by atoms with E-state index in [0.29, 0.717) is 27.4 Å². The number of amides is 1. The largest absolute Gasteiger partial charge is 0.493 e. The van der Waals surface area contributed by atoms with E-state index in [4.69, 9.17) is 9.47 Å². The first-order valence-corrected chi connectivity index (χ1v) is 9.55. The molecule has 1 amide bonds. The SMILES string of the molecule is COc1ccc(-c2nn(CC(=O)NC(C)C)c(=O)c3nc(C)sc23)cc1OC. The van der Waals surface area contributed by atoms with Crippen molar-refractivity contribution < 1.29 is 14.3 Å². The van der Waals surface area contributed by atoms with Gasteiger partial charge in [-0.3, -0.25) is 9.59 Å². The lowest BCUT2D eigenvalue weighted by atomic mass is 10.1. The first-order valence-electron chi connectivity index (χ1n) is 8.74. The van der Waals surface area contributed by atoms with Crippen LogP contribution in [0.4, 0.5) is 0 Å². The molecular weight excluding hydrogens is 380 g/mol. The van der Waals surface area contributed by atoms with Crippen LogP contribution in [0.25, 0.3) is 21.5 Å². The van der Waals surface area contributed by atoms with Crippen molar-refractivity contribution >= 4 is 27.5 Å². The number of hydrogen-bond acceptors (Lipinski definition) is 7. The molecule has 1 aromatic carbocycles. The Balaban J connectivity index is 2.18. The minimum Gasteiger partial charge on any atom is -0.493 e. The number of carbonyl (C=O) groups is 1. The van der Waals surface area contributed by atoms with Gasteiger partial charge in [0.15, 0.2) is 17.0 Å². The summed E-state index contributed by atoms with van der Waals surface area (Å²) in [7, 11) is 3.12. The first kappa shape index (κ1) is 19.8. The van der Waals surface area contributed by atoms with Crippen LogP contribution in [-0.4, -0.2) is 40.9 Å². The molecule has 0 saturated heterocycles. The molecule has 0 aliphatic rings. The Morgan fingerprint density at radius 3 is 2.61 bits per heavy atom. The maximum atomic E-state index is 12.8. The van der Waals surface area contributed by atoms with Crippen LogP contribution in [0.1, 0.15) is 18.9 Å². The number of rotatable bonds is 6. The highest BCUT2D eigenvalue weighted by Gasteiger charge is 2.19. The van der Waals surface area contributed by atoms with Gasteiger partial charge < -0.3 is 14.8 Å². The minimum atomic E-state index is -0.387. The molecule has 1 N–H and O–H groups in total. The highest BCUT2D eigenvalue weighted by atomic mass is 32.1. The topological polar surface area (TPSA) is 95.3 Å². The monoisotopic (exact) mass is 402 g/mol. The number of aryl methyl sites for hydroxylation is 1. The quantitative estimate of drug-likeness (QED) is 0.680. The van der Waals surface area contributed by atoms with Crippen molar-refractivity contribution in [1.82, 2.24) is 20.1 Å². The number of nitrogens with zero attached hydrogens (tertiary/aromatic N) is 3. The third kappa shape index (κ3) is 3.84. The highest BCUT2D eigenvalue weighted by Crippen LogP contribution is 2.35. The molecule has 0 bridgehead atoms. The van der Waals surface area contributed by atoms with Gasteiger partial charge in [-0.25, -0.2) is 9.67 Å². The van der Waals surface area contributed by atoms with Crippen LogP contribution in [0.5, 0.6) is 11.5 Å². The average Bonchev–Trinajstić information content (AvgIpc) is 3.04. The summed E-state index contributed by atoms with van der Waals surface area (Å²) in [6.45, 7) is 5.37. The fourth-order valence-electron chi connectivity index (χ4n) is 2.85. The molecular formula is C19H22N4O4S. The van der Waals surface area contributed by atoms with Crippen LogP contribution < -0.4 is 20.3 Å². The van der Waals surface area contributed by atoms with E-state index in [9.17, 15) is 9.59 Å². The second-order valence-electron chi connectivity index (χ2n) is 6.51. The van der Waals surface area contributed by atoms with Gasteiger partial charge in [-0.1, -0.05) is 0 Å². The molecule has 8 nitrogen and oxygen atoms in total.